The monoisotopic (exact) mass is 207 g/mol. The quantitative estimate of drug-likeness (QED) is 0.808. The Labute approximate surface area is 92.4 Å². The highest BCUT2D eigenvalue weighted by atomic mass is 16.3. The number of rotatable bonds is 2. The molecule has 84 valence electrons. The number of nitrogens with zero attached hydrogens (tertiary/aromatic N) is 1. The molecule has 0 amide bonds. The van der Waals surface area contributed by atoms with Crippen LogP contribution >= 0.6 is 0 Å². The van der Waals surface area contributed by atoms with E-state index in [4.69, 9.17) is 0 Å². The fraction of sp³-hybridized carbons (Fsp3) is 0.615. The molecule has 1 heterocycles. The summed E-state index contributed by atoms with van der Waals surface area (Å²) in [6.07, 6.45) is 3.48. The van der Waals surface area contributed by atoms with E-state index in [0.29, 0.717) is 0 Å². The first kappa shape index (κ1) is 12.2. The summed E-state index contributed by atoms with van der Waals surface area (Å²) >= 11 is 0. The van der Waals surface area contributed by atoms with Gasteiger partial charge in [-0.15, -0.1) is 0 Å². The normalized spacial score (nSPS) is 16.5. The molecule has 0 radical (unpaired) electrons. The molecule has 0 saturated carbocycles. The van der Waals surface area contributed by atoms with Gasteiger partial charge in [-0.05, 0) is 17.4 Å². The van der Waals surface area contributed by atoms with Crippen LogP contribution in [0, 0.1) is 11.3 Å². The number of pyridine rings is 1. The molecular formula is C13H21NO. The van der Waals surface area contributed by atoms with Crippen LogP contribution in [0.15, 0.2) is 24.5 Å². The molecule has 1 unspecified atom stereocenters. The molecule has 1 N–H and O–H groups in total. The lowest BCUT2D eigenvalue weighted by Crippen LogP contribution is -2.44. The summed E-state index contributed by atoms with van der Waals surface area (Å²) in [7, 11) is 0. The van der Waals surface area contributed by atoms with Gasteiger partial charge in [-0.1, -0.05) is 40.7 Å². The van der Waals surface area contributed by atoms with Gasteiger partial charge in [0.2, 0.25) is 0 Å². The Morgan fingerprint density at radius 1 is 1.27 bits per heavy atom. The van der Waals surface area contributed by atoms with Gasteiger partial charge in [-0.3, -0.25) is 4.98 Å². The van der Waals surface area contributed by atoms with E-state index >= 15 is 0 Å². The fourth-order valence-electron chi connectivity index (χ4n) is 2.22. The van der Waals surface area contributed by atoms with Gasteiger partial charge >= 0.3 is 0 Å². The summed E-state index contributed by atoms with van der Waals surface area (Å²) < 4.78 is 0. The molecule has 1 aromatic heterocycles. The highest BCUT2D eigenvalue weighted by Gasteiger charge is 2.44. The van der Waals surface area contributed by atoms with Crippen LogP contribution in [0.4, 0.5) is 0 Å². The third kappa shape index (κ3) is 2.05. The molecule has 0 saturated heterocycles. The van der Waals surface area contributed by atoms with Crippen molar-refractivity contribution in [3.8, 4) is 0 Å². The average Bonchev–Trinajstić information content (AvgIpc) is 2.16. The molecule has 0 spiro atoms. The smallest absolute Gasteiger partial charge is 0.0982 e. The average molecular weight is 207 g/mol. The Balaban J connectivity index is 3.26. The third-order valence-corrected chi connectivity index (χ3v) is 3.08. The van der Waals surface area contributed by atoms with Gasteiger partial charge in [0.25, 0.3) is 0 Å². The summed E-state index contributed by atoms with van der Waals surface area (Å²) in [6, 6.07) is 3.81. The summed E-state index contributed by atoms with van der Waals surface area (Å²) in [4.78, 5) is 4.09. The SMILES string of the molecule is CC(C)C(O)(c1cccnc1)C(C)(C)C. The van der Waals surface area contributed by atoms with E-state index < -0.39 is 5.60 Å². The van der Waals surface area contributed by atoms with Gasteiger partial charge < -0.3 is 5.11 Å². The van der Waals surface area contributed by atoms with Crippen molar-refractivity contribution >= 4 is 0 Å². The van der Waals surface area contributed by atoms with Crippen molar-refractivity contribution in [2.24, 2.45) is 11.3 Å². The fourth-order valence-corrected chi connectivity index (χ4v) is 2.22. The minimum atomic E-state index is -0.832. The Morgan fingerprint density at radius 3 is 2.20 bits per heavy atom. The molecule has 1 atom stereocenters. The first-order valence-corrected chi connectivity index (χ1v) is 5.43. The predicted octanol–water partition coefficient (Wildman–Crippen LogP) is 2.97. The van der Waals surface area contributed by atoms with Gasteiger partial charge in [0.05, 0.1) is 5.60 Å². The highest BCUT2D eigenvalue weighted by Crippen LogP contribution is 2.44. The van der Waals surface area contributed by atoms with Crippen molar-refractivity contribution in [1.29, 1.82) is 0 Å². The minimum Gasteiger partial charge on any atom is -0.384 e. The molecule has 1 aromatic rings. The number of aliphatic hydroxyl groups is 1. The van der Waals surface area contributed by atoms with Crippen LogP contribution in [-0.4, -0.2) is 10.1 Å². The van der Waals surface area contributed by atoms with Crippen molar-refractivity contribution < 1.29 is 5.11 Å². The van der Waals surface area contributed by atoms with Crippen LogP contribution < -0.4 is 0 Å². The molecule has 0 fully saturated rings. The summed E-state index contributed by atoms with van der Waals surface area (Å²) in [6.45, 7) is 10.2. The molecule has 1 rings (SSSR count). The van der Waals surface area contributed by atoms with E-state index in [1.54, 1.807) is 12.4 Å². The number of hydrogen-bond acceptors (Lipinski definition) is 2. The van der Waals surface area contributed by atoms with Gasteiger partial charge in [0, 0.05) is 18.0 Å². The number of hydrogen-bond donors (Lipinski definition) is 1. The van der Waals surface area contributed by atoms with Crippen molar-refractivity contribution in [2.45, 2.75) is 40.2 Å². The van der Waals surface area contributed by atoms with E-state index in [9.17, 15) is 5.11 Å². The lowest BCUT2D eigenvalue weighted by atomic mass is 9.66. The Kier molecular flexibility index (Phi) is 3.19. The largest absolute Gasteiger partial charge is 0.384 e. The first-order chi connectivity index (χ1) is 6.80. The minimum absolute atomic E-state index is 0.154. The molecule has 0 aromatic carbocycles. The van der Waals surface area contributed by atoms with Gasteiger partial charge in [-0.25, -0.2) is 0 Å². The molecule has 15 heavy (non-hydrogen) atoms. The standard InChI is InChI=1S/C13H21NO/c1-10(2)13(15,12(3,4)5)11-7-6-8-14-9-11/h6-10,15H,1-5H3. The highest BCUT2D eigenvalue weighted by molar-refractivity contribution is 5.21. The lowest BCUT2D eigenvalue weighted by molar-refractivity contribution is -0.102. The van der Waals surface area contributed by atoms with E-state index in [2.05, 4.69) is 25.8 Å². The third-order valence-electron chi connectivity index (χ3n) is 3.08. The zero-order valence-corrected chi connectivity index (χ0v) is 10.3. The Bertz CT molecular complexity index is 313. The van der Waals surface area contributed by atoms with Crippen molar-refractivity contribution in [3.63, 3.8) is 0 Å². The van der Waals surface area contributed by atoms with E-state index in [-0.39, 0.29) is 11.3 Å². The van der Waals surface area contributed by atoms with Crippen LogP contribution in [0.1, 0.15) is 40.2 Å². The van der Waals surface area contributed by atoms with E-state index in [0.717, 1.165) is 5.56 Å². The Morgan fingerprint density at radius 2 is 1.87 bits per heavy atom. The van der Waals surface area contributed by atoms with Gasteiger partial charge in [0.15, 0.2) is 0 Å². The van der Waals surface area contributed by atoms with Crippen molar-refractivity contribution in [3.05, 3.63) is 30.1 Å². The van der Waals surface area contributed by atoms with Crippen LogP contribution in [0.5, 0.6) is 0 Å². The van der Waals surface area contributed by atoms with Crippen LogP contribution in [0.25, 0.3) is 0 Å². The Hall–Kier alpha value is -0.890. The topological polar surface area (TPSA) is 33.1 Å². The van der Waals surface area contributed by atoms with Crippen molar-refractivity contribution in [1.82, 2.24) is 4.98 Å². The summed E-state index contributed by atoms with van der Waals surface area (Å²) in [5, 5.41) is 10.9. The molecule has 0 aliphatic rings. The lowest BCUT2D eigenvalue weighted by Gasteiger charge is -2.43. The van der Waals surface area contributed by atoms with Crippen LogP contribution in [-0.2, 0) is 5.60 Å². The maximum atomic E-state index is 10.9. The first-order valence-electron chi connectivity index (χ1n) is 5.43. The second-order valence-corrected chi connectivity index (χ2v) is 5.41. The van der Waals surface area contributed by atoms with Gasteiger partial charge in [-0.2, -0.15) is 0 Å². The van der Waals surface area contributed by atoms with E-state index in [1.807, 2.05) is 26.0 Å². The maximum Gasteiger partial charge on any atom is 0.0982 e. The maximum absolute atomic E-state index is 10.9. The molecule has 0 aliphatic heterocycles. The van der Waals surface area contributed by atoms with Crippen LogP contribution in [0.3, 0.4) is 0 Å². The molecular weight excluding hydrogens is 186 g/mol. The predicted molar refractivity (Wildman–Crippen MR) is 62.4 cm³/mol. The van der Waals surface area contributed by atoms with E-state index in [1.165, 1.54) is 0 Å². The molecule has 2 nitrogen and oxygen atoms in total. The van der Waals surface area contributed by atoms with Crippen molar-refractivity contribution in [2.75, 3.05) is 0 Å². The second-order valence-electron chi connectivity index (χ2n) is 5.41. The molecule has 0 bridgehead atoms. The van der Waals surface area contributed by atoms with Crippen LogP contribution in [0.2, 0.25) is 0 Å². The zero-order valence-electron chi connectivity index (χ0n) is 10.3. The zero-order chi connectivity index (χ0) is 11.7. The molecule has 2 heteroatoms. The molecule has 0 aliphatic carbocycles. The number of aromatic nitrogens is 1. The second kappa shape index (κ2) is 3.93. The summed E-state index contributed by atoms with van der Waals surface area (Å²) in [5.74, 6) is 0.154. The summed E-state index contributed by atoms with van der Waals surface area (Å²) in [5.41, 5.74) is -0.140. The van der Waals surface area contributed by atoms with Gasteiger partial charge in [0.1, 0.15) is 0 Å².